The highest BCUT2D eigenvalue weighted by molar-refractivity contribution is 5.46. The summed E-state index contributed by atoms with van der Waals surface area (Å²) in [6.45, 7) is 4.07. The predicted octanol–water partition coefficient (Wildman–Crippen LogP) is 3.32. The Balaban J connectivity index is 1.68. The molecule has 1 N–H and O–H groups in total. The Bertz CT molecular complexity index is 437. The van der Waals surface area contributed by atoms with Crippen molar-refractivity contribution in [2.45, 2.75) is 32.1 Å². The van der Waals surface area contributed by atoms with Crippen molar-refractivity contribution >= 4 is 5.69 Å². The van der Waals surface area contributed by atoms with E-state index in [9.17, 15) is 8.78 Å². The zero-order valence-electron chi connectivity index (χ0n) is 11.8. The number of hydrogen-bond donors (Lipinski definition) is 1. The summed E-state index contributed by atoms with van der Waals surface area (Å²) in [7, 11) is 0. The Morgan fingerprint density at radius 2 is 1.60 bits per heavy atom. The van der Waals surface area contributed by atoms with E-state index in [4.69, 9.17) is 0 Å². The van der Waals surface area contributed by atoms with Crippen molar-refractivity contribution in [2.24, 2.45) is 5.41 Å². The third kappa shape index (κ3) is 2.95. The Labute approximate surface area is 119 Å². The fourth-order valence-corrected chi connectivity index (χ4v) is 3.73. The second kappa shape index (κ2) is 5.68. The molecule has 2 heterocycles. The van der Waals surface area contributed by atoms with Gasteiger partial charge in [-0.25, -0.2) is 8.78 Å². The van der Waals surface area contributed by atoms with Crippen molar-refractivity contribution < 1.29 is 8.78 Å². The lowest BCUT2D eigenvalue weighted by Crippen LogP contribution is -2.33. The molecule has 110 valence electrons. The summed E-state index contributed by atoms with van der Waals surface area (Å²) < 4.78 is 26.7. The minimum atomic E-state index is -0.487. The van der Waals surface area contributed by atoms with E-state index in [-0.39, 0.29) is 0 Å². The molecule has 0 aliphatic carbocycles. The van der Waals surface area contributed by atoms with E-state index in [0.717, 1.165) is 45.1 Å². The summed E-state index contributed by atoms with van der Waals surface area (Å²) in [5.74, 6) is -0.975. The van der Waals surface area contributed by atoms with Crippen LogP contribution in [-0.2, 0) is 0 Å². The summed E-state index contributed by atoms with van der Waals surface area (Å²) in [5, 5.41) is 3.48. The third-order valence-corrected chi connectivity index (χ3v) is 4.81. The largest absolute Gasteiger partial charge is 0.371 e. The van der Waals surface area contributed by atoms with Gasteiger partial charge in [0, 0.05) is 31.4 Å². The molecule has 3 rings (SSSR count). The molecule has 2 saturated heterocycles. The molecule has 2 aliphatic heterocycles. The second-order valence-electron chi connectivity index (χ2n) is 6.25. The molecule has 0 amide bonds. The highest BCUT2D eigenvalue weighted by Crippen LogP contribution is 2.37. The summed E-state index contributed by atoms with van der Waals surface area (Å²) in [6.07, 6.45) is 5.91. The lowest BCUT2D eigenvalue weighted by molar-refractivity contribution is 0.249. The van der Waals surface area contributed by atoms with Crippen LogP contribution in [-0.4, -0.2) is 26.2 Å². The maximum absolute atomic E-state index is 13.3. The Hall–Kier alpha value is -1.16. The van der Waals surface area contributed by atoms with Gasteiger partial charge in [0.1, 0.15) is 11.6 Å². The van der Waals surface area contributed by atoms with Crippen LogP contribution >= 0.6 is 0 Å². The molecule has 0 aromatic heterocycles. The van der Waals surface area contributed by atoms with Gasteiger partial charge >= 0.3 is 0 Å². The summed E-state index contributed by atoms with van der Waals surface area (Å²) >= 11 is 0. The molecular formula is C16H22F2N2. The molecule has 20 heavy (non-hydrogen) atoms. The number of hydrogen-bond acceptors (Lipinski definition) is 2. The van der Waals surface area contributed by atoms with Crippen molar-refractivity contribution in [1.29, 1.82) is 0 Å². The Morgan fingerprint density at radius 1 is 0.950 bits per heavy atom. The molecule has 2 nitrogen and oxygen atoms in total. The SMILES string of the molecule is Fc1cc(F)cc(N2CCCC3(CCC2)CCNC3)c1. The highest BCUT2D eigenvalue weighted by atomic mass is 19.1. The second-order valence-corrected chi connectivity index (χ2v) is 6.25. The zero-order valence-corrected chi connectivity index (χ0v) is 11.8. The smallest absolute Gasteiger partial charge is 0.128 e. The molecule has 0 saturated carbocycles. The van der Waals surface area contributed by atoms with Crippen LogP contribution in [0, 0.1) is 17.0 Å². The molecule has 0 radical (unpaired) electrons. The predicted molar refractivity (Wildman–Crippen MR) is 77.0 cm³/mol. The monoisotopic (exact) mass is 280 g/mol. The van der Waals surface area contributed by atoms with E-state index in [1.54, 1.807) is 0 Å². The molecule has 0 atom stereocenters. The molecule has 1 aromatic carbocycles. The molecule has 2 fully saturated rings. The molecule has 1 spiro atoms. The van der Waals surface area contributed by atoms with Crippen molar-refractivity contribution in [2.75, 3.05) is 31.1 Å². The minimum Gasteiger partial charge on any atom is -0.371 e. The van der Waals surface area contributed by atoms with Gasteiger partial charge in [-0.05, 0) is 56.2 Å². The molecule has 1 aromatic rings. The molecule has 2 aliphatic rings. The number of halogens is 2. The Kier molecular flexibility index (Phi) is 3.92. The van der Waals surface area contributed by atoms with E-state index in [2.05, 4.69) is 10.2 Å². The zero-order chi connectivity index (χ0) is 14.0. The fraction of sp³-hybridized carbons (Fsp3) is 0.625. The average Bonchev–Trinajstić information content (AvgIpc) is 2.82. The van der Waals surface area contributed by atoms with Gasteiger partial charge in [-0.3, -0.25) is 0 Å². The lowest BCUT2D eigenvalue weighted by atomic mass is 9.77. The maximum Gasteiger partial charge on any atom is 0.128 e. The van der Waals surface area contributed by atoms with Gasteiger partial charge in [0.15, 0.2) is 0 Å². The quantitative estimate of drug-likeness (QED) is 0.849. The van der Waals surface area contributed by atoms with E-state index in [1.807, 2.05) is 0 Å². The van der Waals surface area contributed by atoms with Crippen LogP contribution in [0.3, 0.4) is 0 Å². The van der Waals surface area contributed by atoms with Gasteiger partial charge < -0.3 is 10.2 Å². The van der Waals surface area contributed by atoms with Crippen LogP contribution in [0.2, 0.25) is 0 Å². The first-order chi connectivity index (χ1) is 9.67. The number of benzene rings is 1. The number of rotatable bonds is 1. The lowest BCUT2D eigenvalue weighted by Gasteiger charge is -2.35. The van der Waals surface area contributed by atoms with Crippen LogP contribution < -0.4 is 10.2 Å². The van der Waals surface area contributed by atoms with E-state index in [1.165, 1.54) is 31.4 Å². The van der Waals surface area contributed by atoms with Crippen molar-refractivity contribution in [3.8, 4) is 0 Å². The van der Waals surface area contributed by atoms with Gasteiger partial charge in [0.25, 0.3) is 0 Å². The first-order valence-corrected chi connectivity index (χ1v) is 7.59. The van der Waals surface area contributed by atoms with Gasteiger partial charge in [0.2, 0.25) is 0 Å². The third-order valence-electron chi connectivity index (χ3n) is 4.81. The Morgan fingerprint density at radius 3 is 2.15 bits per heavy atom. The molecule has 4 heteroatoms. The van der Waals surface area contributed by atoms with E-state index < -0.39 is 11.6 Å². The highest BCUT2D eigenvalue weighted by Gasteiger charge is 2.34. The van der Waals surface area contributed by atoms with Crippen LogP contribution in [0.1, 0.15) is 32.1 Å². The average molecular weight is 280 g/mol. The molecular weight excluding hydrogens is 258 g/mol. The summed E-state index contributed by atoms with van der Waals surface area (Å²) in [4.78, 5) is 2.13. The van der Waals surface area contributed by atoms with Crippen LogP contribution in [0.4, 0.5) is 14.5 Å². The number of anilines is 1. The summed E-state index contributed by atoms with van der Waals surface area (Å²) in [6, 6.07) is 3.82. The maximum atomic E-state index is 13.3. The normalized spacial score (nSPS) is 22.8. The minimum absolute atomic E-state index is 0.485. The molecule has 0 bridgehead atoms. The van der Waals surface area contributed by atoms with E-state index >= 15 is 0 Å². The standard InChI is InChI=1S/C16H22F2N2/c17-13-9-14(18)11-15(10-13)20-7-1-3-16(4-2-8-20)5-6-19-12-16/h9-11,19H,1-8,12H2. The van der Waals surface area contributed by atoms with Crippen LogP contribution in [0.15, 0.2) is 18.2 Å². The number of nitrogens with one attached hydrogen (secondary N) is 1. The van der Waals surface area contributed by atoms with Gasteiger partial charge in [-0.2, -0.15) is 0 Å². The first-order valence-electron chi connectivity index (χ1n) is 7.59. The summed E-state index contributed by atoms with van der Waals surface area (Å²) in [5.41, 5.74) is 1.17. The van der Waals surface area contributed by atoms with Crippen LogP contribution in [0.25, 0.3) is 0 Å². The van der Waals surface area contributed by atoms with Crippen molar-refractivity contribution in [3.63, 3.8) is 0 Å². The topological polar surface area (TPSA) is 15.3 Å². The fourth-order valence-electron chi connectivity index (χ4n) is 3.73. The van der Waals surface area contributed by atoms with Gasteiger partial charge in [-0.1, -0.05) is 0 Å². The van der Waals surface area contributed by atoms with Crippen molar-refractivity contribution in [3.05, 3.63) is 29.8 Å². The first kappa shape index (κ1) is 13.8. The van der Waals surface area contributed by atoms with Gasteiger partial charge in [0.05, 0.1) is 0 Å². The molecule has 0 unspecified atom stereocenters. The van der Waals surface area contributed by atoms with E-state index in [0.29, 0.717) is 11.1 Å². The van der Waals surface area contributed by atoms with Gasteiger partial charge in [-0.15, -0.1) is 0 Å². The number of nitrogens with zero attached hydrogens (tertiary/aromatic N) is 1. The van der Waals surface area contributed by atoms with Crippen molar-refractivity contribution in [1.82, 2.24) is 5.32 Å². The van der Waals surface area contributed by atoms with Crippen LogP contribution in [0.5, 0.6) is 0 Å².